The van der Waals surface area contributed by atoms with Crippen LogP contribution in [0.5, 0.6) is 0 Å². The summed E-state index contributed by atoms with van der Waals surface area (Å²) >= 11 is 3.12. The van der Waals surface area contributed by atoms with Crippen molar-refractivity contribution >= 4 is 15.9 Å². The Morgan fingerprint density at radius 3 is 2.63 bits per heavy atom. The molecule has 0 aliphatic rings. The second-order valence-corrected chi connectivity index (χ2v) is 6.72. The van der Waals surface area contributed by atoms with Crippen molar-refractivity contribution in [3.8, 4) is 28.7 Å². The third-order valence-corrected chi connectivity index (χ3v) is 4.52. The van der Waals surface area contributed by atoms with Gasteiger partial charge in [-0.3, -0.25) is 4.79 Å². The van der Waals surface area contributed by atoms with Gasteiger partial charge in [0.2, 0.25) is 11.3 Å². The molecule has 0 amide bonds. The number of hydrogen-bond donors (Lipinski definition) is 0. The lowest BCUT2D eigenvalue weighted by Crippen LogP contribution is -2.12. The summed E-state index contributed by atoms with van der Waals surface area (Å²) in [5, 5.41) is 8.19. The third kappa shape index (κ3) is 3.43. The van der Waals surface area contributed by atoms with Gasteiger partial charge in [-0.05, 0) is 53.2 Å². The Morgan fingerprint density at radius 1 is 1.11 bits per heavy atom. The van der Waals surface area contributed by atoms with Gasteiger partial charge in [-0.15, -0.1) is 0 Å². The van der Waals surface area contributed by atoms with Gasteiger partial charge in [-0.1, -0.05) is 22.9 Å². The van der Waals surface area contributed by atoms with E-state index in [1.165, 1.54) is 24.3 Å². The summed E-state index contributed by atoms with van der Waals surface area (Å²) in [5.74, 6) is -0.164. The Balaban J connectivity index is 1.74. The quantitative estimate of drug-likeness (QED) is 0.491. The highest BCUT2D eigenvalue weighted by molar-refractivity contribution is 9.10. The first-order chi connectivity index (χ1) is 13.0. The van der Waals surface area contributed by atoms with Crippen molar-refractivity contribution in [3.05, 3.63) is 80.8 Å². The fraction of sp³-hybridized carbons (Fsp3) is 0.0526. The topological polar surface area (TPSA) is 73.8 Å². The third-order valence-electron chi connectivity index (χ3n) is 3.91. The normalized spacial score (nSPS) is 10.9. The predicted molar refractivity (Wildman–Crippen MR) is 101 cm³/mol. The zero-order valence-electron chi connectivity index (χ0n) is 14.1. The van der Waals surface area contributed by atoms with E-state index in [0.717, 1.165) is 11.3 Å². The lowest BCUT2D eigenvalue weighted by atomic mass is 10.2. The van der Waals surface area contributed by atoms with E-state index in [-0.39, 0.29) is 27.3 Å². The summed E-state index contributed by atoms with van der Waals surface area (Å²) in [4.78, 5) is 16.5. The Kier molecular flexibility index (Phi) is 4.41. The molecule has 2 aromatic heterocycles. The van der Waals surface area contributed by atoms with Gasteiger partial charge >= 0.3 is 0 Å². The van der Waals surface area contributed by atoms with E-state index in [9.17, 15) is 9.18 Å². The monoisotopic (exact) mass is 426 g/mol. The average molecular weight is 427 g/mol. The minimum Gasteiger partial charge on any atom is -0.332 e. The molecule has 6 nitrogen and oxygen atoms in total. The van der Waals surface area contributed by atoms with E-state index >= 15 is 0 Å². The van der Waals surface area contributed by atoms with Crippen LogP contribution < -0.4 is 5.43 Å². The second kappa shape index (κ2) is 6.88. The molecule has 2 heterocycles. The highest BCUT2D eigenvalue weighted by atomic mass is 79.9. The van der Waals surface area contributed by atoms with Gasteiger partial charge in [-0.2, -0.15) is 10.1 Å². The van der Waals surface area contributed by atoms with Gasteiger partial charge < -0.3 is 4.52 Å². The van der Waals surface area contributed by atoms with Crippen LogP contribution in [0.2, 0.25) is 0 Å². The molecule has 4 rings (SSSR count). The molecule has 0 N–H and O–H groups in total. The molecule has 0 aliphatic carbocycles. The van der Waals surface area contributed by atoms with Crippen LogP contribution in [-0.2, 0) is 0 Å². The van der Waals surface area contributed by atoms with Crippen LogP contribution in [0.1, 0.15) is 5.56 Å². The highest BCUT2D eigenvalue weighted by Crippen LogP contribution is 2.24. The Hall–Kier alpha value is -3.13. The van der Waals surface area contributed by atoms with E-state index in [1.807, 2.05) is 31.2 Å². The van der Waals surface area contributed by atoms with Crippen LogP contribution in [0.4, 0.5) is 4.39 Å². The van der Waals surface area contributed by atoms with Gasteiger partial charge in [0.05, 0.1) is 10.2 Å². The van der Waals surface area contributed by atoms with E-state index in [1.54, 1.807) is 10.9 Å². The molecule has 0 spiro atoms. The Morgan fingerprint density at radius 2 is 1.89 bits per heavy atom. The SMILES string of the molecule is Cc1ccc(-n2ccc(=O)c(-c3nc(-c4ccc(F)c(Br)c4)no3)n2)cc1. The standard InChI is InChI=1S/C19H12BrFN4O2/c1-11-2-5-13(6-3-11)25-9-8-16(26)17(23-25)19-22-18(24-27-19)12-4-7-15(21)14(20)10-12/h2-10H,1H3. The molecular formula is C19H12BrFN4O2. The van der Waals surface area contributed by atoms with Crippen molar-refractivity contribution in [2.24, 2.45) is 0 Å². The summed E-state index contributed by atoms with van der Waals surface area (Å²) in [6.07, 6.45) is 1.57. The molecular weight excluding hydrogens is 415 g/mol. The predicted octanol–water partition coefficient (Wildman–Crippen LogP) is 4.16. The van der Waals surface area contributed by atoms with Crippen molar-refractivity contribution in [1.82, 2.24) is 19.9 Å². The average Bonchev–Trinajstić information content (AvgIpc) is 3.15. The second-order valence-electron chi connectivity index (χ2n) is 5.86. The summed E-state index contributed by atoms with van der Waals surface area (Å²) < 4.78 is 20.5. The fourth-order valence-electron chi connectivity index (χ4n) is 2.47. The molecule has 0 saturated carbocycles. The molecule has 0 fully saturated rings. The van der Waals surface area contributed by atoms with Crippen molar-refractivity contribution in [1.29, 1.82) is 0 Å². The lowest BCUT2D eigenvalue weighted by molar-refractivity contribution is 0.429. The number of benzene rings is 2. The number of aromatic nitrogens is 4. The fourth-order valence-corrected chi connectivity index (χ4v) is 2.85. The number of aryl methyl sites for hydroxylation is 1. The number of nitrogens with zero attached hydrogens (tertiary/aromatic N) is 4. The van der Waals surface area contributed by atoms with Crippen LogP contribution >= 0.6 is 15.9 Å². The molecule has 8 heteroatoms. The maximum atomic E-state index is 13.4. The van der Waals surface area contributed by atoms with Crippen LogP contribution in [0.25, 0.3) is 28.7 Å². The minimum atomic E-state index is -0.395. The highest BCUT2D eigenvalue weighted by Gasteiger charge is 2.16. The van der Waals surface area contributed by atoms with Gasteiger partial charge in [0.25, 0.3) is 5.89 Å². The van der Waals surface area contributed by atoms with Gasteiger partial charge in [0, 0.05) is 17.8 Å². The van der Waals surface area contributed by atoms with Crippen molar-refractivity contribution in [2.45, 2.75) is 6.92 Å². The minimum absolute atomic E-state index is 0.00286. The van der Waals surface area contributed by atoms with Gasteiger partial charge in [-0.25, -0.2) is 9.07 Å². The summed E-state index contributed by atoms with van der Waals surface area (Å²) in [5.41, 5.74) is 2.16. The van der Waals surface area contributed by atoms with Crippen molar-refractivity contribution in [3.63, 3.8) is 0 Å². The first-order valence-corrected chi connectivity index (χ1v) is 8.77. The van der Waals surface area contributed by atoms with E-state index < -0.39 is 5.82 Å². The molecule has 0 radical (unpaired) electrons. The largest absolute Gasteiger partial charge is 0.332 e. The van der Waals surface area contributed by atoms with Crippen LogP contribution in [0.15, 0.2) is 68.5 Å². The Labute approximate surface area is 161 Å². The smallest absolute Gasteiger partial charge is 0.282 e. The zero-order chi connectivity index (χ0) is 19.0. The maximum absolute atomic E-state index is 13.4. The summed E-state index contributed by atoms with van der Waals surface area (Å²) in [6.45, 7) is 1.99. The molecule has 0 bridgehead atoms. The first-order valence-electron chi connectivity index (χ1n) is 7.98. The molecule has 0 saturated heterocycles. The van der Waals surface area contributed by atoms with Gasteiger partial charge in [0.15, 0.2) is 5.69 Å². The summed E-state index contributed by atoms with van der Waals surface area (Å²) in [6, 6.07) is 13.4. The molecule has 0 atom stereocenters. The molecule has 0 aliphatic heterocycles. The first kappa shape index (κ1) is 17.3. The molecule has 2 aromatic carbocycles. The number of halogens is 2. The molecule has 134 valence electrons. The van der Waals surface area contributed by atoms with Crippen LogP contribution in [0.3, 0.4) is 0 Å². The molecule has 4 aromatic rings. The van der Waals surface area contributed by atoms with E-state index in [0.29, 0.717) is 5.56 Å². The molecule has 0 unspecified atom stereocenters. The number of rotatable bonds is 3. The maximum Gasteiger partial charge on any atom is 0.282 e. The Bertz CT molecular complexity index is 1190. The zero-order valence-corrected chi connectivity index (χ0v) is 15.6. The molecule has 27 heavy (non-hydrogen) atoms. The van der Waals surface area contributed by atoms with Crippen molar-refractivity contribution in [2.75, 3.05) is 0 Å². The van der Waals surface area contributed by atoms with E-state index in [4.69, 9.17) is 4.52 Å². The lowest BCUT2D eigenvalue weighted by Gasteiger charge is -2.05. The van der Waals surface area contributed by atoms with Crippen molar-refractivity contribution < 1.29 is 8.91 Å². The van der Waals surface area contributed by atoms with Gasteiger partial charge in [0.1, 0.15) is 5.82 Å². The van der Waals surface area contributed by atoms with E-state index in [2.05, 4.69) is 31.2 Å². The van der Waals surface area contributed by atoms with Crippen LogP contribution in [0, 0.1) is 12.7 Å². The number of hydrogen-bond acceptors (Lipinski definition) is 5. The summed E-state index contributed by atoms with van der Waals surface area (Å²) in [7, 11) is 0. The van der Waals surface area contributed by atoms with Crippen LogP contribution in [-0.4, -0.2) is 19.9 Å².